The van der Waals surface area contributed by atoms with Crippen LogP contribution in [0.25, 0.3) is 5.82 Å². The second kappa shape index (κ2) is 5.09. The average Bonchev–Trinajstić information content (AvgIpc) is 2.68. The van der Waals surface area contributed by atoms with Crippen LogP contribution in [0, 0.1) is 3.57 Å². The van der Waals surface area contributed by atoms with E-state index < -0.39 is 0 Å². The van der Waals surface area contributed by atoms with Gasteiger partial charge in [-0.1, -0.05) is 24.9 Å². The highest BCUT2D eigenvalue weighted by molar-refractivity contribution is 14.1. The van der Waals surface area contributed by atoms with Gasteiger partial charge in [-0.2, -0.15) is 5.10 Å². The minimum Gasteiger partial charge on any atom is -0.224 e. The third-order valence-electron chi connectivity index (χ3n) is 2.14. The van der Waals surface area contributed by atoms with Crippen LogP contribution in [0.15, 0.2) is 18.7 Å². The minimum atomic E-state index is 0.511. The van der Waals surface area contributed by atoms with E-state index in [9.17, 15) is 0 Å². The smallest absolute Gasteiger partial charge is 0.161 e. The van der Waals surface area contributed by atoms with Crippen molar-refractivity contribution in [2.45, 2.75) is 19.8 Å². The molecule has 0 aliphatic rings. The van der Waals surface area contributed by atoms with Gasteiger partial charge in [0.2, 0.25) is 0 Å². The molecule has 0 aliphatic carbocycles. The molecule has 2 aromatic heterocycles. The van der Waals surface area contributed by atoms with E-state index in [0.717, 1.165) is 27.8 Å². The molecule has 0 fully saturated rings. The van der Waals surface area contributed by atoms with Crippen LogP contribution < -0.4 is 0 Å². The molecule has 2 heterocycles. The number of hydrogen-bond donors (Lipinski definition) is 0. The topological polar surface area (TPSA) is 43.6 Å². The maximum Gasteiger partial charge on any atom is 0.161 e. The zero-order valence-corrected chi connectivity index (χ0v) is 11.6. The Morgan fingerprint density at radius 1 is 1.44 bits per heavy atom. The maximum atomic E-state index is 6.07. The standard InChI is InChI=1S/C10H10ClIN4/c1-2-3-8-9(11)13-6-14-10(8)16-5-7(12)4-15-16/h4-6H,2-3H2,1H3. The maximum absolute atomic E-state index is 6.07. The van der Waals surface area contributed by atoms with E-state index in [1.165, 1.54) is 6.33 Å². The molecule has 0 saturated heterocycles. The largest absolute Gasteiger partial charge is 0.224 e. The van der Waals surface area contributed by atoms with Gasteiger partial charge in [-0.15, -0.1) is 0 Å². The van der Waals surface area contributed by atoms with Gasteiger partial charge in [0.15, 0.2) is 5.82 Å². The van der Waals surface area contributed by atoms with Crippen LogP contribution in [0.5, 0.6) is 0 Å². The van der Waals surface area contributed by atoms with E-state index in [-0.39, 0.29) is 0 Å². The fourth-order valence-corrected chi connectivity index (χ4v) is 2.07. The van der Waals surface area contributed by atoms with E-state index >= 15 is 0 Å². The highest BCUT2D eigenvalue weighted by atomic mass is 127. The molecule has 0 aromatic carbocycles. The van der Waals surface area contributed by atoms with Crippen molar-refractivity contribution in [2.24, 2.45) is 0 Å². The summed E-state index contributed by atoms with van der Waals surface area (Å²) in [5.74, 6) is 0.768. The fraction of sp³-hybridized carbons (Fsp3) is 0.300. The third-order valence-corrected chi connectivity index (χ3v) is 3.02. The van der Waals surface area contributed by atoms with Crippen molar-refractivity contribution in [1.82, 2.24) is 19.7 Å². The molecule has 6 heteroatoms. The second-order valence-corrected chi connectivity index (χ2v) is 4.92. The van der Waals surface area contributed by atoms with Crippen LogP contribution in [0.4, 0.5) is 0 Å². The quantitative estimate of drug-likeness (QED) is 0.633. The predicted molar refractivity (Wildman–Crippen MR) is 70.9 cm³/mol. The van der Waals surface area contributed by atoms with E-state index in [0.29, 0.717) is 5.15 Å². The summed E-state index contributed by atoms with van der Waals surface area (Å²) in [6.07, 6.45) is 7.01. The fourth-order valence-electron chi connectivity index (χ4n) is 1.46. The molecule has 16 heavy (non-hydrogen) atoms. The monoisotopic (exact) mass is 348 g/mol. The van der Waals surface area contributed by atoms with Gasteiger partial charge >= 0.3 is 0 Å². The molecule has 0 atom stereocenters. The Morgan fingerprint density at radius 2 is 2.25 bits per heavy atom. The number of rotatable bonds is 3. The van der Waals surface area contributed by atoms with Gasteiger partial charge in [0, 0.05) is 11.8 Å². The lowest BCUT2D eigenvalue weighted by Crippen LogP contribution is -2.05. The molecule has 0 radical (unpaired) electrons. The van der Waals surface area contributed by atoms with Crippen LogP contribution in [0.2, 0.25) is 5.15 Å². The van der Waals surface area contributed by atoms with Gasteiger partial charge in [0.05, 0.1) is 9.77 Å². The van der Waals surface area contributed by atoms with Gasteiger partial charge < -0.3 is 0 Å². The van der Waals surface area contributed by atoms with Crippen molar-refractivity contribution >= 4 is 34.2 Å². The molecule has 0 N–H and O–H groups in total. The second-order valence-electron chi connectivity index (χ2n) is 3.32. The highest BCUT2D eigenvalue weighted by Gasteiger charge is 2.11. The summed E-state index contributed by atoms with van der Waals surface area (Å²) in [4.78, 5) is 8.25. The molecule has 0 unspecified atom stereocenters. The SMILES string of the molecule is CCCc1c(Cl)ncnc1-n1cc(I)cn1. The van der Waals surface area contributed by atoms with Crippen molar-refractivity contribution < 1.29 is 0 Å². The van der Waals surface area contributed by atoms with Crippen LogP contribution in [-0.4, -0.2) is 19.7 Å². The molecule has 0 spiro atoms. The molecule has 0 amide bonds. The first-order chi connectivity index (χ1) is 7.72. The normalized spacial score (nSPS) is 10.7. The predicted octanol–water partition coefficient (Wildman–Crippen LogP) is 2.87. The Balaban J connectivity index is 2.51. The zero-order chi connectivity index (χ0) is 11.5. The first-order valence-electron chi connectivity index (χ1n) is 4.92. The van der Waals surface area contributed by atoms with Gasteiger partial charge in [0.25, 0.3) is 0 Å². The summed E-state index contributed by atoms with van der Waals surface area (Å²) in [6.45, 7) is 2.10. The molecule has 2 aromatic rings. The molecule has 0 bridgehead atoms. The van der Waals surface area contributed by atoms with Crippen molar-refractivity contribution in [1.29, 1.82) is 0 Å². The Bertz CT molecular complexity index is 497. The Morgan fingerprint density at radius 3 is 2.88 bits per heavy atom. The third kappa shape index (κ3) is 2.35. The molecular formula is C10H10ClIN4. The molecule has 0 saturated carbocycles. The summed E-state index contributed by atoms with van der Waals surface area (Å²) in [5, 5.41) is 4.74. The summed E-state index contributed by atoms with van der Waals surface area (Å²) in [7, 11) is 0. The van der Waals surface area contributed by atoms with Crippen molar-refractivity contribution in [3.63, 3.8) is 0 Å². The Hall–Kier alpha value is -0.690. The lowest BCUT2D eigenvalue weighted by atomic mass is 10.2. The summed E-state index contributed by atoms with van der Waals surface area (Å²) < 4.78 is 2.80. The average molecular weight is 349 g/mol. The molecule has 0 aliphatic heterocycles. The Labute approximate surface area is 112 Å². The minimum absolute atomic E-state index is 0.511. The van der Waals surface area contributed by atoms with Gasteiger partial charge in [-0.25, -0.2) is 14.6 Å². The molecule has 84 valence electrons. The van der Waals surface area contributed by atoms with E-state index in [1.807, 2.05) is 6.20 Å². The first-order valence-corrected chi connectivity index (χ1v) is 6.38. The van der Waals surface area contributed by atoms with Gasteiger partial charge in [-0.3, -0.25) is 0 Å². The molecule has 2 rings (SSSR count). The van der Waals surface area contributed by atoms with Gasteiger partial charge in [-0.05, 0) is 29.0 Å². The number of halogens is 2. The highest BCUT2D eigenvalue weighted by Crippen LogP contribution is 2.20. The summed E-state index contributed by atoms with van der Waals surface area (Å²) in [6, 6.07) is 0. The lowest BCUT2D eigenvalue weighted by molar-refractivity contribution is 0.798. The van der Waals surface area contributed by atoms with Crippen molar-refractivity contribution in [2.75, 3.05) is 0 Å². The van der Waals surface area contributed by atoms with Crippen LogP contribution in [0.1, 0.15) is 18.9 Å². The van der Waals surface area contributed by atoms with Crippen molar-refractivity contribution in [3.8, 4) is 5.82 Å². The van der Waals surface area contributed by atoms with E-state index in [4.69, 9.17) is 11.6 Å². The Kier molecular flexibility index (Phi) is 3.75. The van der Waals surface area contributed by atoms with Crippen LogP contribution >= 0.6 is 34.2 Å². The van der Waals surface area contributed by atoms with Crippen LogP contribution in [0.3, 0.4) is 0 Å². The van der Waals surface area contributed by atoms with Crippen molar-refractivity contribution in [3.05, 3.63) is 33.0 Å². The van der Waals surface area contributed by atoms with Crippen LogP contribution in [-0.2, 0) is 6.42 Å². The number of aromatic nitrogens is 4. The lowest BCUT2D eigenvalue weighted by Gasteiger charge is -2.07. The summed E-state index contributed by atoms with van der Waals surface area (Å²) in [5.41, 5.74) is 0.950. The van der Waals surface area contributed by atoms with E-state index in [1.54, 1.807) is 10.9 Å². The number of hydrogen-bond acceptors (Lipinski definition) is 3. The molecular weight excluding hydrogens is 338 g/mol. The molecule has 4 nitrogen and oxygen atoms in total. The van der Waals surface area contributed by atoms with Gasteiger partial charge in [0.1, 0.15) is 11.5 Å². The van der Waals surface area contributed by atoms with E-state index in [2.05, 4.69) is 44.6 Å². The summed E-state index contributed by atoms with van der Waals surface area (Å²) >= 11 is 8.28. The first kappa shape index (κ1) is 11.8. The zero-order valence-electron chi connectivity index (χ0n) is 8.69. The number of nitrogens with zero attached hydrogens (tertiary/aromatic N) is 4.